The van der Waals surface area contributed by atoms with Crippen LogP contribution in [0.1, 0.15) is 22.8 Å². The summed E-state index contributed by atoms with van der Waals surface area (Å²) in [5.41, 5.74) is 9.27. The molecule has 3 N–H and O–H groups in total. The van der Waals surface area contributed by atoms with Gasteiger partial charge in [-0.05, 0) is 37.6 Å². The zero-order chi connectivity index (χ0) is 18.5. The van der Waals surface area contributed by atoms with Crippen molar-refractivity contribution in [1.29, 1.82) is 0 Å². The molecule has 0 aromatic heterocycles. The van der Waals surface area contributed by atoms with Gasteiger partial charge in [0.25, 0.3) is 5.91 Å². The van der Waals surface area contributed by atoms with Crippen LogP contribution in [0.5, 0.6) is 0 Å². The highest BCUT2D eigenvalue weighted by molar-refractivity contribution is 5.99. The first-order valence-electron chi connectivity index (χ1n) is 9.23. The zero-order valence-electron chi connectivity index (χ0n) is 15.6. The number of carbonyl (C=O) groups is 1. The lowest BCUT2D eigenvalue weighted by molar-refractivity contribution is 0.100. The molecule has 26 heavy (non-hydrogen) atoms. The third-order valence-corrected chi connectivity index (χ3v) is 5.17. The number of nitrogens with two attached hydrogens (primary N) is 1. The van der Waals surface area contributed by atoms with E-state index in [0.29, 0.717) is 11.6 Å². The third kappa shape index (κ3) is 4.17. The van der Waals surface area contributed by atoms with Crippen LogP contribution in [-0.2, 0) is 0 Å². The smallest absolute Gasteiger partial charge is 0.250 e. The van der Waals surface area contributed by atoms with E-state index in [9.17, 15) is 4.79 Å². The van der Waals surface area contributed by atoms with Crippen molar-refractivity contribution >= 4 is 17.3 Å². The number of rotatable bonds is 6. The standard InChI is InChI=1S/C21H28N4O/c1-16-7-6-10-19(21(22)26)20(16)23-15-17(2)24-11-13-25(14-12-24)18-8-4-3-5-9-18/h3-10,17,23H,11-15H2,1-2H3,(H2,22,26). The van der Waals surface area contributed by atoms with E-state index < -0.39 is 0 Å². The average molecular weight is 352 g/mol. The lowest BCUT2D eigenvalue weighted by atomic mass is 10.1. The van der Waals surface area contributed by atoms with Crippen LogP contribution < -0.4 is 16.0 Å². The summed E-state index contributed by atoms with van der Waals surface area (Å²) in [5, 5.41) is 3.45. The van der Waals surface area contributed by atoms with Crippen molar-refractivity contribution in [1.82, 2.24) is 4.90 Å². The van der Waals surface area contributed by atoms with Crippen LogP contribution in [0.25, 0.3) is 0 Å². The summed E-state index contributed by atoms with van der Waals surface area (Å²) in [5.74, 6) is -0.389. The van der Waals surface area contributed by atoms with Crippen molar-refractivity contribution in [2.75, 3.05) is 42.9 Å². The lowest BCUT2D eigenvalue weighted by Gasteiger charge is -2.39. The first-order valence-corrected chi connectivity index (χ1v) is 9.23. The van der Waals surface area contributed by atoms with Gasteiger partial charge in [-0.25, -0.2) is 0 Å². The van der Waals surface area contributed by atoms with Gasteiger partial charge in [-0.2, -0.15) is 0 Å². The van der Waals surface area contributed by atoms with E-state index in [2.05, 4.69) is 52.4 Å². The van der Waals surface area contributed by atoms with Gasteiger partial charge in [0, 0.05) is 50.1 Å². The van der Waals surface area contributed by atoms with Crippen LogP contribution in [0.15, 0.2) is 48.5 Å². The number of nitrogens with zero attached hydrogens (tertiary/aromatic N) is 2. The SMILES string of the molecule is Cc1cccc(C(N)=O)c1NCC(C)N1CCN(c2ccccc2)CC1. The normalized spacial score (nSPS) is 16.3. The number of anilines is 2. The van der Waals surface area contributed by atoms with Crippen LogP contribution in [0.3, 0.4) is 0 Å². The van der Waals surface area contributed by atoms with Gasteiger partial charge >= 0.3 is 0 Å². The summed E-state index contributed by atoms with van der Waals surface area (Å²) in [6.45, 7) is 9.15. The van der Waals surface area contributed by atoms with E-state index in [1.807, 2.05) is 19.1 Å². The fraction of sp³-hybridized carbons (Fsp3) is 0.381. The Kier molecular flexibility index (Phi) is 5.78. The summed E-state index contributed by atoms with van der Waals surface area (Å²) in [4.78, 5) is 16.6. The van der Waals surface area contributed by atoms with Gasteiger partial charge in [0.2, 0.25) is 0 Å². The predicted molar refractivity (Wildman–Crippen MR) is 108 cm³/mol. The Morgan fingerprint density at radius 2 is 1.77 bits per heavy atom. The number of nitrogens with one attached hydrogen (secondary N) is 1. The molecule has 5 nitrogen and oxygen atoms in total. The van der Waals surface area contributed by atoms with Gasteiger partial charge < -0.3 is 16.0 Å². The molecule has 1 atom stereocenters. The molecule has 138 valence electrons. The van der Waals surface area contributed by atoms with E-state index in [1.165, 1.54) is 5.69 Å². The Morgan fingerprint density at radius 1 is 1.08 bits per heavy atom. The number of para-hydroxylation sites is 2. The highest BCUT2D eigenvalue weighted by Crippen LogP contribution is 2.21. The number of hydrogen-bond acceptors (Lipinski definition) is 4. The first kappa shape index (κ1) is 18.3. The van der Waals surface area contributed by atoms with Gasteiger partial charge in [-0.1, -0.05) is 30.3 Å². The second-order valence-corrected chi connectivity index (χ2v) is 6.95. The van der Waals surface area contributed by atoms with E-state index >= 15 is 0 Å². The molecule has 0 aliphatic carbocycles. The molecule has 0 bridgehead atoms. The summed E-state index contributed by atoms with van der Waals surface area (Å²) >= 11 is 0. The molecular formula is C21H28N4O. The monoisotopic (exact) mass is 352 g/mol. The van der Waals surface area contributed by atoms with E-state index in [1.54, 1.807) is 6.07 Å². The molecule has 1 unspecified atom stereocenters. The molecule has 1 fully saturated rings. The maximum Gasteiger partial charge on any atom is 0.250 e. The molecule has 2 aromatic carbocycles. The lowest BCUT2D eigenvalue weighted by Crippen LogP contribution is -2.51. The largest absolute Gasteiger partial charge is 0.383 e. The van der Waals surface area contributed by atoms with Crippen LogP contribution >= 0.6 is 0 Å². The highest BCUT2D eigenvalue weighted by atomic mass is 16.1. The topological polar surface area (TPSA) is 61.6 Å². The summed E-state index contributed by atoms with van der Waals surface area (Å²) in [6, 6.07) is 16.6. The third-order valence-electron chi connectivity index (χ3n) is 5.17. The van der Waals surface area contributed by atoms with Gasteiger partial charge in [0.1, 0.15) is 0 Å². The molecule has 0 spiro atoms. The molecule has 0 saturated carbocycles. The van der Waals surface area contributed by atoms with Crippen molar-refractivity contribution in [3.8, 4) is 0 Å². The summed E-state index contributed by atoms with van der Waals surface area (Å²) in [6.07, 6.45) is 0. The summed E-state index contributed by atoms with van der Waals surface area (Å²) in [7, 11) is 0. The maximum atomic E-state index is 11.7. The van der Waals surface area contributed by atoms with Crippen LogP contribution in [0, 0.1) is 6.92 Å². The minimum atomic E-state index is -0.389. The first-order chi connectivity index (χ1) is 12.6. The minimum absolute atomic E-state index is 0.383. The number of carbonyl (C=O) groups excluding carboxylic acids is 1. The van der Waals surface area contributed by atoms with Gasteiger partial charge in [-0.3, -0.25) is 9.69 Å². The number of primary amides is 1. The minimum Gasteiger partial charge on any atom is -0.383 e. The Hall–Kier alpha value is -2.53. The van der Waals surface area contributed by atoms with Crippen LogP contribution in [-0.4, -0.2) is 49.6 Å². The molecule has 5 heteroatoms. The highest BCUT2D eigenvalue weighted by Gasteiger charge is 2.21. The molecule has 1 aliphatic rings. The van der Waals surface area contributed by atoms with Crippen molar-refractivity contribution in [3.63, 3.8) is 0 Å². The van der Waals surface area contributed by atoms with Crippen molar-refractivity contribution in [3.05, 3.63) is 59.7 Å². The molecular weight excluding hydrogens is 324 g/mol. The van der Waals surface area contributed by atoms with Gasteiger partial charge in [0.15, 0.2) is 0 Å². The molecule has 2 aromatic rings. The molecule has 1 heterocycles. The second-order valence-electron chi connectivity index (χ2n) is 6.95. The summed E-state index contributed by atoms with van der Waals surface area (Å²) < 4.78 is 0. The second kappa shape index (κ2) is 8.23. The molecule has 1 saturated heterocycles. The predicted octanol–water partition coefficient (Wildman–Crippen LogP) is 2.72. The fourth-order valence-corrected chi connectivity index (χ4v) is 3.55. The van der Waals surface area contributed by atoms with Crippen molar-refractivity contribution in [2.45, 2.75) is 19.9 Å². The number of piperazine rings is 1. The Labute approximate surface area is 155 Å². The van der Waals surface area contributed by atoms with E-state index in [4.69, 9.17) is 5.73 Å². The Morgan fingerprint density at radius 3 is 2.42 bits per heavy atom. The number of benzene rings is 2. The van der Waals surface area contributed by atoms with E-state index in [-0.39, 0.29) is 5.91 Å². The Bertz CT molecular complexity index is 739. The number of amides is 1. The van der Waals surface area contributed by atoms with Crippen molar-refractivity contribution in [2.24, 2.45) is 5.73 Å². The quantitative estimate of drug-likeness (QED) is 0.839. The molecule has 0 radical (unpaired) electrons. The molecule has 1 amide bonds. The van der Waals surface area contributed by atoms with Gasteiger partial charge in [-0.15, -0.1) is 0 Å². The number of hydrogen-bond donors (Lipinski definition) is 2. The van der Waals surface area contributed by atoms with Gasteiger partial charge in [0.05, 0.1) is 5.56 Å². The van der Waals surface area contributed by atoms with Crippen molar-refractivity contribution < 1.29 is 4.79 Å². The maximum absolute atomic E-state index is 11.7. The number of aryl methyl sites for hydroxylation is 1. The van der Waals surface area contributed by atoms with Crippen LogP contribution in [0.2, 0.25) is 0 Å². The van der Waals surface area contributed by atoms with E-state index in [0.717, 1.165) is 44.0 Å². The fourth-order valence-electron chi connectivity index (χ4n) is 3.55. The zero-order valence-corrected chi connectivity index (χ0v) is 15.6. The van der Waals surface area contributed by atoms with Crippen LogP contribution in [0.4, 0.5) is 11.4 Å². The Balaban J connectivity index is 1.56. The molecule has 1 aliphatic heterocycles. The molecule has 3 rings (SSSR count). The average Bonchev–Trinajstić information content (AvgIpc) is 2.67.